The molecule has 3 aromatic rings. The standard InChI is InChI=1S/C17H8FN3O4/c18-12-8-14-13(19-5-6-20-14)7-11(12)17(24)25-21-15(22)9-3-1-2-4-10(9)16(21)23/h1-8H. The Morgan fingerprint density at radius 2 is 1.52 bits per heavy atom. The number of hydrogen-bond donors (Lipinski definition) is 0. The molecule has 7 nitrogen and oxygen atoms in total. The van der Waals surface area contributed by atoms with Crippen molar-refractivity contribution in [3.05, 3.63) is 71.3 Å². The van der Waals surface area contributed by atoms with Gasteiger partial charge in [-0.1, -0.05) is 17.2 Å². The van der Waals surface area contributed by atoms with Crippen LogP contribution in [0.25, 0.3) is 11.0 Å². The van der Waals surface area contributed by atoms with Crippen molar-refractivity contribution in [3.8, 4) is 0 Å². The van der Waals surface area contributed by atoms with Crippen LogP contribution in [0.1, 0.15) is 31.1 Å². The lowest BCUT2D eigenvalue weighted by molar-refractivity contribution is -0.0587. The molecule has 2 amide bonds. The van der Waals surface area contributed by atoms with E-state index in [9.17, 15) is 18.8 Å². The maximum atomic E-state index is 14.1. The van der Waals surface area contributed by atoms with Crippen LogP contribution in [0.2, 0.25) is 0 Å². The van der Waals surface area contributed by atoms with Crippen molar-refractivity contribution < 1.29 is 23.6 Å². The van der Waals surface area contributed by atoms with Gasteiger partial charge in [-0.15, -0.1) is 0 Å². The van der Waals surface area contributed by atoms with Gasteiger partial charge in [-0.3, -0.25) is 19.6 Å². The fraction of sp³-hybridized carbons (Fsp3) is 0. The first-order valence-electron chi connectivity index (χ1n) is 7.16. The molecule has 0 spiro atoms. The lowest BCUT2D eigenvalue weighted by Gasteiger charge is -2.13. The van der Waals surface area contributed by atoms with Gasteiger partial charge in [0.05, 0.1) is 27.7 Å². The van der Waals surface area contributed by atoms with Crippen LogP contribution in [-0.4, -0.2) is 32.8 Å². The number of benzene rings is 2. The molecule has 0 aliphatic carbocycles. The summed E-state index contributed by atoms with van der Waals surface area (Å²) in [6.45, 7) is 0. The maximum absolute atomic E-state index is 14.1. The van der Waals surface area contributed by atoms with Gasteiger partial charge in [0, 0.05) is 18.5 Å². The van der Waals surface area contributed by atoms with Crippen LogP contribution in [0.15, 0.2) is 48.8 Å². The average molecular weight is 337 g/mol. The first-order chi connectivity index (χ1) is 12.1. The monoisotopic (exact) mass is 337 g/mol. The second-order valence-corrected chi connectivity index (χ2v) is 5.21. The molecular formula is C17H8FN3O4. The van der Waals surface area contributed by atoms with Gasteiger partial charge in [0.1, 0.15) is 5.82 Å². The van der Waals surface area contributed by atoms with Crippen molar-refractivity contribution in [2.24, 2.45) is 0 Å². The molecule has 0 saturated carbocycles. The molecule has 1 aliphatic rings. The van der Waals surface area contributed by atoms with E-state index in [4.69, 9.17) is 4.84 Å². The molecule has 1 aliphatic heterocycles. The van der Waals surface area contributed by atoms with Crippen molar-refractivity contribution in [3.63, 3.8) is 0 Å². The molecule has 0 unspecified atom stereocenters. The van der Waals surface area contributed by atoms with E-state index in [1.54, 1.807) is 12.1 Å². The van der Waals surface area contributed by atoms with Gasteiger partial charge < -0.3 is 4.84 Å². The number of imide groups is 1. The highest BCUT2D eigenvalue weighted by Gasteiger charge is 2.39. The topological polar surface area (TPSA) is 89.5 Å². The van der Waals surface area contributed by atoms with Crippen LogP contribution >= 0.6 is 0 Å². The summed E-state index contributed by atoms with van der Waals surface area (Å²) in [6.07, 6.45) is 2.78. The SMILES string of the molecule is O=C(ON1C(=O)c2ccccc2C1=O)c1cc2nccnc2cc1F. The Hall–Kier alpha value is -3.68. The zero-order valence-corrected chi connectivity index (χ0v) is 12.5. The Labute approximate surface area is 139 Å². The number of hydroxylamine groups is 2. The van der Waals surface area contributed by atoms with Gasteiger partial charge in [-0.05, 0) is 18.2 Å². The number of fused-ring (bicyclic) bond motifs is 2. The number of rotatable bonds is 2. The summed E-state index contributed by atoms with van der Waals surface area (Å²) in [5, 5.41) is 0.327. The Bertz CT molecular complexity index is 1030. The molecule has 0 atom stereocenters. The number of hydrogen-bond acceptors (Lipinski definition) is 6. The number of carbonyl (C=O) groups excluding carboxylic acids is 3. The first-order valence-corrected chi connectivity index (χ1v) is 7.16. The normalized spacial score (nSPS) is 13.2. The molecule has 25 heavy (non-hydrogen) atoms. The summed E-state index contributed by atoms with van der Waals surface area (Å²) in [5.41, 5.74) is 0.315. The summed E-state index contributed by atoms with van der Waals surface area (Å²) in [6, 6.07) is 8.22. The molecule has 0 fully saturated rings. The lowest BCUT2D eigenvalue weighted by Crippen LogP contribution is -2.33. The Morgan fingerprint density at radius 3 is 2.12 bits per heavy atom. The van der Waals surface area contributed by atoms with Gasteiger partial charge in [0.15, 0.2) is 0 Å². The molecule has 4 rings (SSSR count). The maximum Gasteiger partial charge on any atom is 0.366 e. The largest absolute Gasteiger partial charge is 0.366 e. The third kappa shape index (κ3) is 2.31. The van der Waals surface area contributed by atoms with Gasteiger partial charge in [-0.2, -0.15) is 0 Å². The summed E-state index contributed by atoms with van der Waals surface area (Å²) < 4.78 is 14.1. The van der Waals surface area contributed by atoms with Crippen LogP contribution in [0.4, 0.5) is 4.39 Å². The smallest absolute Gasteiger partial charge is 0.324 e. The Kier molecular flexibility index (Phi) is 3.24. The molecular weight excluding hydrogens is 329 g/mol. The fourth-order valence-corrected chi connectivity index (χ4v) is 2.52. The van der Waals surface area contributed by atoms with Crippen LogP contribution < -0.4 is 0 Å². The summed E-state index contributed by atoms with van der Waals surface area (Å²) >= 11 is 0. The number of halogens is 1. The summed E-state index contributed by atoms with van der Waals surface area (Å²) in [5.74, 6) is -3.64. The van der Waals surface area contributed by atoms with E-state index in [-0.39, 0.29) is 22.2 Å². The summed E-state index contributed by atoms with van der Waals surface area (Å²) in [4.78, 5) is 49.4. The van der Waals surface area contributed by atoms with E-state index < -0.39 is 29.2 Å². The molecule has 122 valence electrons. The third-order valence-corrected chi connectivity index (χ3v) is 3.71. The minimum absolute atomic E-state index is 0.116. The molecule has 1 aromatic heterocycles. The number of nitrogens with zero attached hydrogens (tertiary/aromatic N) is 3. The highest BCUT2D eigenvalue weighted by atomic mass is 19.1. The van der Waals surface area contributed by atoms with Crippen molar-refractivity contribution >= 4 is 28.8 Å². The van der Waals surface area contributed by atoms with E-state index in [0.717, 1.165) is 12.1 Å². The predicted octanol–water partition coefficient (Wildman–Crippen LogP) is 2.14. The van der Waals surface area contributed by atoms with Crippen molar-refractivity contribution in [1.29, 1.82) is 0 Å². The van der Waals surface area contributed by atoms with E-state index in [1.807, 2.05) is 0 Å². The Balaban J connectivity index is 1.66. The van der Waals surface area contributed by atoms with Crippen molar-refractivity contribution in [1.82, 2.24) is 15.0 Å². The fourth-order valence-electron chi connectivity index (χ4n) is 2.52. The van der Waals surface area contributed by atoms with E-state index in [0.29, 0.717) is 5.06 Å². The van der Waals surface area contributed by atoms with Gasteiger partial charge >= 0.3 is 5.97 Å². The highest BCUT2D eigenvalue weighted by Crippen LogP contribution is 2.24. The van der Waals surface area contributed by atoms with E-state index in [2.05, 4.69) is 9.97 Å². The van der Waals surface area contributed by atoms with E-state index in [1.165, 1.54) is 24.5 Å². The minimum atomic E-state index is -1.18. The quantitative estimate of drug-likeness (QED) is 0.666. The predicted molar refractivity (Wildman–Crippen MR) is 81.9 cm³/mol. The molecule has 0 saturated heterocycles. The average Bonchev–Trinajstić information content (AvgIpc) is 2.86. The van der Waals surface area contributed by atoms with Gasteiger partial charge in [0.2, 0.25) is 0 Å². The number of amides is 2. The van der Waals surface area contributed by atoms with Gasteiger partial charge in [0.25, 0.3) is 11.8 Å². The van der Waals surface area contributed by atoms with Crippen LogP contribution in [0.5, 0.6) is 0 Å². The Morgan fingerprint density at radius 1 is 0.960 bits per heavy atom. The second kappa shape index (κ2) is 5.45. The molecule has 2 aromatic carbocycles. The zero-order valence-electron chi connectivity index (χ0n) is 12.5. The van der Waals surface area contributed by atoms with Crippen molar-refractivity contribution in [2.45, 2.75) is 0 Å². The molecule has 2 heterocycles. The number of aromatic nitrogens is 2. The first kappa shape index (κ1) is 14.9. The van der Waals surface area contributed by atoms with Crippen LogP contribution in [0, 0.1) is 5.82 Å². The molecule has 8 heteroatoms. The van der Waals surface area contributed by atoms with Crippen LogP contribution in [0.3, 0.4) is 0 Å². The molecule has 0 N–H and O–H groups in total. The second-order valence-electron chi connectivity index (χ2n) is 5.21. The third-order valence-electron chi connectivity index (χ3n) is 3.71. The zero-order chi connectivity index (χ0) is 17.6. The highest BCUT2D eigenvalue weighted by molar-refractivity contribution is 6.21. The van der Waals surface area contributed by atoms with Gasteiger partial charge in [-0.25, -0.2) is 9.18 Å². The van der Waals surface area contributed by atoms with E-state index >= 15 is 0 Å². The summed E-state index contributed by atoms with van der Waals surface area (Å²) in [7, 11) is 0. The lowest BCUT2D eigenvalue weighted by atomic mass is 10.1. The minimum Gasteiger partial charge on any atom is -0.324 e. The molecule has 0 radical (unpaired) electrons. The van der Waals surface area contributed by atoms with Crippen molar-refractivity contribution in [2.75, 3.05) is 0 Å². The number of carbonyl (C=O) groups is 3. The van der Waals surface area contributed by atoms with Crippen LogP contribution in [-0.2, 0) is 4.84 Å². The molecule has 0 bridgehead atoms.